The minimum absolute atomic E-state index is 0.0383. The van der Waals surface area contributed by atoms with Gasteiger partial charge >= 0.3 is 0 Å². The molecule has 0 spiro atoms. The fraction of sp³-hybridized carbons (Fsp3) is 0.909. The van der Waals surface area contributed by atoms with Crippen LogP contribution in [0.3, 0.4) is 0 Å². The fourth-order valence-corrected chi connectivity index (χ4v) is 9.56. The fourth-order valence-electron chi connectivity index (χ4n) is 7.93. The van der Waals surface area contributed by atoms with Gasteiger partial charge in [-0.25, -0.2) is 18.2 Å². The minimum Gasteiger partial charge on any atom is -0.380 e. The summed E-state index contributed by atoms with van der Waals surface area (Å²) in [5, 5.41) is 0.895. The molecule has 11 heteroatoms. The van der Waals surface area contributed by atoms with E-state index in [0.29, 0.717) is 63.1 Å². The van der Waals surface area contributed by atoms with E-state index in [4.69, 9.17) is 30.8 Å². The first-order valence-corrected chi connectivity index (χ1v) is 18.4. The first-order valence-electron chi connectivity index (χ1n) is 16.9. The first-order chi connectivity index (χ1) is 21.3. The summed E-state index contributed by atoms with van der Waals surface area (Å²) < 4.78 is 64.9. The lowest BCUT2D eigenvalue weighted by Gasteiger charge is -2.40. The number of thioether (sulfide) groups is 1. The van der Waals surface area contributed by atoms with Gasteiger partial charge in [0, 0.05) is 43.0 Å². The molecule has 3 fully saturated rings. The number of rotatable bonds is 13. The Hall–Kier alpha value is -0.520. The molecule has 8 atom stereocenters. The molecule has 1 aromatic heterocycles. The maximum Gasteiger partial charge on any atom is 0.168 e. The number of nitrogens with zero attached hydrogens (tertiary/aromatic N) is 3. The normalized spacial score (nSPS) is 36.5. The lowest BCUT2D eigenvalue weighted by Crippen LogP contribution is -2.44. The molecule has 0 bridgehead atoms. The summed E-state index contributed by atoms with van der Waals surface area (Å²) in [6, 6.07) is 0.168. The maximum absolute atomic E-state index is 15.8. The number of aromatic nitrogens is 2. The largest absolute Gasteiger partial charge is 0.380 e. The number of aryl methyl sites for hydroxylation is 1. The summed E-state index contributed by atoms with van der Waals surface area (Å²) in [5.74, 6) is 0.354. The average Bonchev–Trinajstić information content (AvgIpc) is 3.39. The Morgan fingerprint density at radius 2 is 1.75 bits per heavy atom. The van der Waals surface area contributed by atoms with Crippen LogP contribution < -0.4 is 0 Å². The Bertz CT molecular complexity index is 1030. The highest BCUT2D eigenvalue weighted by molar-refractivity contribution is 7.99. The van der Waals surface area contributed by atoms with Crippen LogP contribution in [0.25, 0.3) is 0 Å². The molecule has 5 rings (SSSR count). The summed E-state index contributed by atoms with van der Waals surface area (Å²) in [5.41, 5.74) is 2.42. The van der Waals surface area contributed by atoms with Crippen LogP contribution in [0, 0.1) is 11.8 Å². The molecule has 4 aliphatic carbocycles. The van der Waals surface area contributed by atoms with E-state index in [2.05, 4.69) is 4.57 Å². The molecular weight excluding hydrogens is 611 g/mol. The van der Waals surface area contributed by atoms with E-state index in [-0.39, 0.29) is 17.5 Å². The Morgan fingerprint density at radius 1 is 0.955 bits per heavy atom. The topological polar surface area (TPSA) is 48.8 Å². The summed E-state index contributed by atoms with van der Waals surface area (Å²) in [4.78, 5) is 7.21. The predicted molar refractivity (Wildman–Crippen MR) is 170 cm³/mol. The van der Waals surface area contributed by atoms with Gasteiger partial charge in [-0.05, 0) is 97.1 Å². The molecule has 0 radical (unpaired) electrons. The maximum atomic E-state index is 15.8. The number of halogens is 4. The molecule has 8 unspecified atom stereocenters. The van der Waals surface area contributed by atoms with Gasteiger partial charge in [0.25, 0.3) is 0 Å². The quantitative estimate of drug-likeness (QED) is 0.125. The van der Waals surface area contributed by atoms with Crippen molar-refractivity contribution < 1.29 is 27.4 Å². The van der Waals surface area contributed by atoms with E-state index in [1.165, 1.54) is 17.5 Å². The number of hydrogen-bond acceptors (Lipinski definition) is 6. The number of imidazole rings is 1. The molecule has 0 amide bonds. The molecule has 4 aliphatic rings. The monoisotopic (exact) mass is 663 g/mol. The molecule has 0 N–H and O–H groups in total. The highest BCUT2D eigenvalue weighted by Crippen LogP contribution is 2.48. The van der Waals surface area contributed by atoms with Crippen LogP contribution >= 0.6 is 23.4 Å². The van der Waals surface area contributed by atoms with Gasteiger partial charge in [0.15, 0.2) is 5.16 Å². The van der Waals surface area contributed by atoms with Crippen LogP contribution in [0.15, 0.2) is 5.16 Å². The van der Waals surface area contributed by atoms with E-state index < -0.39 is 30.5 Å². The second-order valence-corrected chi connectivity index (χ2v) is 15.2. The number of fused-ring (bicyclic) bond motifs is 1. The number of likely N-dealkylation sites (N-methyl/N-ethyl adjacent to an activating group) is 1. The third-order valence-electron chi connectivity index (χ3n) is 10.5. The van der Waals surface area contributed by atoms with Crippen LogP contribution in [0.4, 0.5) is 13.2 Å². The molecule has 3 saturated carbocycles. The van der Waals surface area contributed by atoms with Gasteiger partial charge in [0.1, 0.15) is 18.5 Å². The van der Waals surface area contributed by atoms with Gasteiger partial charge in [-0.2, -0.15) is 0 Å². The Balaban J connectivity index is 1.29. The van der Waals surface area contributed by atoms with Crippen molar-refractivity contribution in [1.82, 2.24) is 14.5 Å². The van der Waals surface area contributed by atoms with E-state index in [1.54, 1.807) is 7.11 Å². The molecule has 0 aromatic carbocycles. The average molecular weight is 664 g/mol. The smallest absolute Gasteiger partial charge is 0.168 e. The van der Waals surface area contributed by atoms with E-state index >= 15 is 8.78 Å². The predicted octanol–water partition coefficient (Wildman–Crippen LogP) is 7.32. The van der Waals surface area contributed by atoms with E-state index in [0.717, 1.165) is 68.8 Å². The molecule has 1 aromatic rings. The lowest BCUT2D eigenvalue weighted by atomic mass is 9.72. The van der Waals surface area contributed by atoms with Crippen LogP contribution in [0.1, 0.15) is 94.0 Å². The minimum atomic E-state index is -1.38. The Kier molecular flexibility index (Phi) is 13.1. The number of ether oxygens (including phenoxy) is 3. The Labute approximate surface area is 271 Å². The van der Waals surface area contributed by atoms with Crippen molar-refractivity contribution in [2.75, 3.05) is 53.3 Å². The van der Waals surface area contributed by atoms with Gasteiger partial charge in [0.05, 0.1) is 43.1 Å². The molecular formula is C33H53ClF3N3O3S. The number of alkyl halides is 4. The van der Waals surface area contributed by atoms with Crippen molar-refractivity contribution in [2.24, 2.45) is 11.8 Å². The molecule has 1 heterocycles. The zero-order valence-corrected chi connectivity index (χ0v) is 28.4. The molecule has 252 valence electrons. The third kappa shape index (κ3) is 8.49. The van der Waals surface area contributed by atoms with Crippen molar-refractivity contribution in [1.29, 1.82) is 0 Å². The van der Waals surface area contributed by atoms with Crippen molar-refractivity contribution in [2.45, 2.75) is 130 Å². The summed E-state index contributed by atoms with van der Waals surface area (Å²) in [6.45, 7) is 2.12. The van der Waals surface area contributed by atoms with Gasteiger partial charge in [-0.1, -0.05) is 11.8 Å². The second-order valence-electron chi connectivity index (χ2n) is 13.7. The molecule has 44 heavy (non-hydrogen) atoms. The summed E-state index contributed by atoms with van der Waals surface area (Å²) >= 11 is 8.10. The highest BCUT2D eigenvalue weighted by Gasteiger charge is 2.43. The van der Waals surface area contributed by atoms with Crippen LogP contribution in [0.2, 0.25) is 0 Å². The summed E-state index contributed by atoms with van der Waals surface area (Å²) in [7, 11) is 5.72. The molecule has 0 aliphatic heterocycles. The molecule has 6 nitrogen and oxygen atoms in total. The van der Waals surface area contributed by atoms with Crippen LogP contribution in [0.5, 0.6) is 0 Å². The SMILES string of the molecule is COC1CC(C2CCCc3nc(SCC4C(F)CCC(OCCOCCN(C)C)C4F)n(C4CCC(F)CC4)c32)CCC1Cl. The third-order valence-corrected chi connectivity index (χ3v) is 12.1. The zero-order valence-electron chi connectivity index (χ0n) is 26.8. The van der Waals surface area contributed by atoms with Gasteiger partial charge in [0.2, 0.25) is 0 Å². The second kappa shape index (κ2) is 16.5. The van der Waals surface area contributed by atoms with Crippen LogP contribution in [-0.2, 0) is 20.6 Å². The Morgan fingerprint density at radius 3 is 2.50 bits per heavy atom. The standard InChI is InChI=1S/C33H53ClF3N3O3S/c1-39(2)15-16-42-17-18-43-29-14-13-27(36)25(31(29)37)20-44-33-38-28-6-4-5-24(21-7-12-26(34)30(19-21)41-3)32(28)40(33)23-10-8-22(35)9-11-23/h21-27,29-31H,4-20H2,1-3H3. The van der Waals surface area contributed by atoms with Crippen molar-refractivity contribution in [3.8, 4) is 0 Å². The van der Waals surface area contributed by atoms with Crippen molar-refractivity contribution in [3.63, 3.8) is 0 Å². The number of hydrogen-bond donors (Lipinski definition) is 0. The van der Waals surface area contributed by atoms with Gasteiger partial charge in [-0.15, -0.1) is 11.6 Å². The number of methoxy groups -OCH3 is 1. The van der Waals surface area contributed by atoms with E-state index in [1.807, 2.05) is 19.0 Å². The van der Waals surface area contributed by atoms with Gasteiger partial charge in [-0.3, -0.25) is 0 Å². The zero-order chi connectivity index (χ0) is 31.2. The highest BCUT2D eigenvalue weighted by atomic mass is 35.5. The van der Waals surface area contributed by atoms with E-state index in [9.17, 15) is 4.39 Å². The van der Waals surface area contributed by atoms with Gasteiger partial charge < -0.3 is 23.7 Å². The molecule has 0 saturated heterocycles. The van der Waals surface area contributed by atoms with Crippen molar-refractivity contribution >= 4 is 23.4 Å². The van der Waals surface area contributed by atoms with Crippen LogP contribution in [-0.4, -0.2) is 104 Å². The first kappa shape index (κ1) is 34.8. The van der Waals surface area contributed by atoms with Crippen molar-refractivity contribution in [3.05, 3.63) is 11.4 Å². The summed E-state index contributed by atoms with van der Waals surface area (Å²) in [6.07, 6.45) is 5.41. The lowest BCUT2D eigenvalue weighted by molar-refractivity contribution is -0.0789.